The van der Waals surface area contributed by atoms with E-state index >= 15 is 0 Å². The van der Waals surface area contributed by atoms with Crippen LogP contribution in [0.3, 0.4) is 0 Å². The van der Waals surface area contributed by atoms with Gasteiger partial charge in [-0.3, -0.25) is 9.59 Å². The van der Waals surface area contributed by atoms with Gasteiger partial charge in [-0.2, -0.15) is 0 Å². The summed E-state index contributed by atoms with van der Waals surface area (Å²) >= 11 is 0. The Hall–Kier alpha value is -2.48. The molecule has 0 aliphatic rings. The summed E-state index contributed by atoms with van der Waals surface area (Å²) in [6, 6.07) is -0.245. The van der Waals surface area contributed by atoms with Crippen molar-refractivity contribution in [1.29, 1.82) is 0 Å². The second-order valence-corrected chi connectivity index (χ2v) is 12.2. The number of ketones is 1. The minimum absolute atomic E-state index is 0.218. The molecule has 0 unspecified atom stereocenters. The van der Waals surface area contributed by atoms with Crippen molar-refractivity contribution in [2.45, 2.75) is 104 Å². The van der Waals surface area contributed by atoms with Gasteiger partial charge in [0.25, 0.3) is 0 Å². The van der Waals surface area contributed by atoms with E-state index in [0.29, 0.717) is 105 Å². The predicted molar refractivity (Wildman–Crippen MR) is 167 cm³/mol. The Morgan fingerprint density at radius 2 is 0.955 bits per heavy atom. The highest BCUT2D eigenvalue weighted by molar-refractivity contribution is 5.78. The minimum Gasteiger partial charge on any atom is -0.460 e. The van der Waals surface area contributed by atoms with Crippen LogP contribution in [-0.2, 0) is 38.0 Å². The van der Waals surface area contributed by atoms with E-state index in [4.69, 9.17) is 28.4 Å². The van der Waals surface area contributed by atoms with Gasteiger partial charge < -0.3 is 44.4 Å². The zero-order valence-corrected chi connectivity index (χ0v) is 28.0. The standard InChI is InChI=1S/C31H59N3O10/c1-30(2,3)43-27(36)14-11-19-40-23-24-41-20-16-33-28(37)32-15-9-7-8-12-26(35)13-10-18-39-22-25-42-21-17-34-29(38)44-31(4,5)6/h7-25H2,1-6H3,(H,34,38)(H2,32,33,37). The molecule has 0 bridgehead atoms. The van der Waals surface area contributed by atoms with Crippen molar-refractivity contribution in [3.05, 3.63) is 0 Å². The van der Waals surface area contributed by atoms with Gasteiger partial charge in [0.05, 0.1) is 39.6 Å². The molecule has 0 spiro atoms. The van der Waals surface area contributed by atoms with Crippen LogP contribution >= 0.6 is 0 Å². The lowest BCUT2D eigenvalue weighted by molar-refractivity contribution is -0.155. The van der Waals surface area contributed by atoms with Gasteiger partial charge in [0.15, 0.2) is 0 Å². The maximum absolute atomic E-state index is 12.0. The predicted octanol–water partition coefficient (Wildman–Crippen LogP) is 3.91. The van der Waals surface area contributed by atoms with Crippen molar-refractivity contribution in [2.75, 3.05) is 72.5 Å². The Morgan fingerprint density at radius 1 is 0.477 bits per heavy atom. The molecule has 0 aromatic rings. The molecule has 0 radical (unpaired) electrons. The van der Waals surface area contributed by atoms with Crippen LogP contribution < -0.4 is 16.0 Å². The lowest BCUT2D eigenvalue weighted by Gasteiger charge is -2.19. The van der Waals surface area contributed by atoms with Crippen molar-refractivity contribution in [3.8, 4) is 0 Å². The van der Waals surface area contributed by atoms with Crippen LogP contribution in [0.1, 0.15) is 92.9 Å². The fourth-order valence-electron chi connectivity index (χ4n) is 3.52. The third kappa shape index (κ3) is 32.4. The highest BCUT2D eigenvalue weighted by Crippen LogP contribution is 2.09. The monoisotopic (exact) mass is 633 g/mol. The molecule has 258 valence electrons. The first-order chi connectivity index (χ1) is 20.8. The van der Waals surface area contributed by atoms with Gasteiger partial charge in [-0.15, -0.1) is 0 Å². The van der Waals surface area contributed by atoms with Gasteiger partial charge in [-0.25, -0.2) is 9.59 Å². The number of rotatable bonds is 26. The van der Waals surface area contributed by atoms with Crippen molar-refractivity contribution >= 4 is 23.9 Å². The third-order valence-electron chi connectivity index (χ3n) is 5.44. The van der Waals surface area contributed by atoms with Gasteiger partial charge in [-0.1, -0.05) is 6.42 Å². The van der Waals surface area contributed by atoms with Gasteiger partial charge in [0.1, 0.15) is 17.0 Å². The summed E-state index contributed by atoms with van der Waals surface area (Å²) in [4.78, 5) is 46.9. The summed E-state index contributed by atoms with van der Waals surface area (Å²) < 4.78 is 32.1. The number of hydrogen-bond donors (Lipinski definition) is 3. The van der Waals surface area contributed by atoms with E-state index in [-0.39, 0.29) is 17.8 Å². The molecule has 0 rings (SSSR count). The first-order valence-electron chi connectivity index (χ1n) is 15.8. The topological polar surface area (TPSA) is 160 Å². The SMILES string of the molecule is CC(C)(C)OC(=O)CCCOCCOCCNC(=O)NCCCCCC(=O)CCCOCCOCCNC(=O)OC(C)(C)C. The van der Waals surface area contributed by atoms with Crippen LogP contribution in [0.25, 0.3) is 0 Å². The average Bonchev–Trinajstić information content (AvgIpc) is 2.90. The molecule has 0 saturated carbocycles. The van der Waals surface area contributed by atoms with Crippen LogP contribution in [0.5, 0.6) is 0 Å². The first kappa shape index (κ1) is 41.5. The molecule has 3 amide bonds. The Balaban J connectivity index is 3.39. The Kier molecular flexibility index (Phi) is 24.4. The molecule has 13 heteroatoms. The van der Waals surface area contributed by atoms with E-state index in [9.17, 15) is 19.2 Å². The quantitative estimate of drug-likeness (QED) is 0.0942. The largest absolute Gasteiger partial charge is 0.460 e. The van der Waals surface area contributed by atoms with Crippen molar-refractivity contribution in [3.63, 3.8) is 0 Å². The number of alkyl carbamates (subject to hydrolysis) is 1. The highest BCUT2D eigenvalue weighted by atomic mass is 16.6. The number of ether oxygens (including phenoxy) is 6. The number of nitrogens with one attached hydrogen (secondary N) is 3. The zero-order valence-electron chi connectivity index (χ0n) is 28.0. The highest BCUT2D eigenvalue weighted by Gasteiger charge is 2.16. The number of urea groups is 1. The van der Waals surface area contributed by atoms with Crippen LogP contribution in [0, 0.1) is 0 Å². The number of carbonyl (C=O) groups is 4. The fourth-order valence-corrected chi connectivity index (χ4v) is 3.52. The molecule has 44 heavy (non-hydrogen) atoms. The van der Waals surface area contributed by atoms with Gasteiger partial charge in [0.2, 0.25) is 0 Å². The lowest BCUT2D eigenvalue weighted by Crippen LogP contribution is -2.37. The Morgan fingerprint density at radius 3 is 1.52 bits per heavy atom. The van der Waals surface area contributed by atoms with Crippen LogP contribution in [0.4, 0.5) is 9.59 Å². The summed E-state index contributed by atoms with van der Waals surface area (Å²) in [6.45, 7) is 15.6. The van der Waals surface area contributed by atoms with Crippen LogP contribution in [-0.4, -0.2) is 108 Å². The minimum atomic E-state index is -0.526. The van der Waals surface area contributed by atoms with Crippen molar-refractivity contribution in [1.82, 2.24) is 16.0 Å². The van der Waals surface area contributed by atoms with Gasteiger partial charge in [0, 0.05) is 52.1 Å². The number of unbranched alkanes of at least 4 members (excludes halogenated alkanes) is 2. The molecule has 3 N–H and O–H groups in total. The molecule has 0 fully saturated rings. The van der Waals surface area contributed by atoms with E-state index < -0.39 is 17.3 Å². The average molecular weight is 634 g/mol. The summed E-state index contributed by atoms with van der Waals surface area (Å²) in [5, 5.41) is 8.15. The molecule has 0 heterocycles. The van der Waals surface area contributed by atoms with E-state index in [0.717, 1.165) is 19.3 Å². The fraction of sp³-hybridized carbons (Fsp3) is 0.871. The van der Waals surface area contributed by atoms with Gasteiger partial charge in [-0.05, 0) is 67.2 Å². The molecular formula is C31H59N3O10. The number of carbonyl (C=O) groups excluding carboxylic acids is 4. The van der Waals surface area contributed by atoms with E-state index in [1.807, 2.05) is 20.8 Å². The Bertz CT molecular complexity index is 718. The summed E-state index contributed by atoms with van der Waals surface area (Å²) in [5.41, 5.74) is -0.995. The summed E-state index contributed by atoms with van der Waals surface area (Å²) in [6.07, 6.45) is 4.62. The Labute approximate surface area is 264 Å². The third-order valence-corrected chi connectivity index (χ3v) is 5.44. The maximum atomic E-state index is 12.0. The second-order valence-electron chi connectivity index (χ2n) is 12.2. The number of amides is 3. The molecule has 0 aliphatic heterocycles. The van der Waals surface area contributed by atoms with E-state index in [1.165, 1.54) is 0 Å². The van der Waals surface area contributed by atoms with E-state index in [2.05, 4.69) is 16.0 Å². The number of hydrogen-bond acceptors (Lipinski definition) is 10. The van der Waals surface area contributed by atoms with Crippen LogP contribution in [0.2, 0.25) is 0 Å². The summed E-state index contributed by atoms with van der Waals surface area (Å²) in [5.74, 6) is -0.00964. The molecule has 0 aliphatic carbocycles. The van der Waals surface area contributed by atoms with Crippen molar-refractivity contribution in [2.24, 2.45) is 0 Å². The van der Waals surface area contributed by atoms with Gasteiger partial charge >= 0.3 is 18.1 Å². The molecule has 0 aromatic carbocycles. The molecule has 0 saturated heterocycles. The molecule has 13 nitrogen and oxygen atoms in total. The van der Waals surface area contributed by atoms with Crippen molar-refractivity contribution < 1.29 is 47.6 Å². The molecule has 0 atom stereocenters. The maximum Gasteiger partial charge on any atom is 0.407 e. The number of esters is 1. The number of Topliss-reactive ketones (excluding diaryl/α,β-unsaturated/α-hetero) is 1. The molecule has 0 aromatic heterocycles. The zero-order chi connectivity index (χ0) is 33.1. The summed E-state index contributed by atoms with van der Waals surface area (Å²) in [7, 11) is 0. The smallest absolute Gasteiger partial charge is 0.407 e. The van der Waals surface area contributed by atoms with E-state index in [1.54, 1.807) is 20.8 Å². The second kappa shape index (κ2) is 25.8. The molecular weight excluding hydrogens is 574 g/mol. The lowest BCUT2D eigenvalue weighted by atomic mass is 10.1. The normalized spacial score (nSPS) is 11.6. The first-order valence-corrected chi connectivity index (χ1v) is 15.8. The van der Waals surface area contributed by atoms with Crippen LogP contribution in [0.15, 0.2) is 0 Å².